The van der Waals surface area contributed by atoms with E-state index >= 15 is 0 Å². The van der Waals surface area contributed by atoms with Crippen LogP contribution in [0.5, 0.6) is 0 Å². The van der Waals surface area contributed by atoms with Crippen molar-refractivity contribution in [3.05, 3.63) is 60.7 Å². The van der Waals surface area contributed by atoms with Crippen molar-refractivity contribution in [3.63, 3.8) is 0 Å². The maximum absolute atomic E-state index is 12.2. The summed E-state index contributed by atoms with van der Waals surface area (Å²) in [7, 11) is 1.41. The number of benzene rings is 2. The highest BCUT2D eigenvalue weighted by Gasteiger charge is 2.34. The van der Waals surface area contributed by atoms with Crippen molar-refractivity contribution in [2.45, 2.75) is 26.8 Å². The van der Waals surface area contributed by atoms with Crippen LogP contribution in [-0.2, 0) is 9.53 Å². The Hall–Kier alpha value is -2.33. The largest absolute Gasteiger partial charge is 0.468 e. The number of methoxy groups -OCH3 is 1. The van der Waals surface area contributed by atoms with E-state index in [2.05, 4.69) is 5.43 Å². The quantitative estimate of drug-likeness (QED) is 0.671. The first-order valence-corrected chi connectivity index (χ1v) is 7.67. The maximum atomic E-state index is 12.2. The van der Waals surface area contributed by atoms with Gasteiger partial charge in [0.1, 0.15) is 6.04 Å². The van der Waals surface area contributed by atoms with Crippen LogP contribution in [0.25, 0.3) is 0 Å². The highest BCUT2D eigenvalue weighted by Crippen LogP contribution is 2.27. The number of nitrogens with zero attached hydrogens (tertiary/aromatic N) is 1. The first kappa shape index (κ1) is 17.0. The molecule has 0 saturated carbocycles. The average Bonchev–Trinajstić information content (AvgIpc) is 2.55. The van der Waals surface area contributed by atoms with Gasteiger partial charge in [-0.1, -0.05) is 57.2 Å². The zero-order chi connectivity index (χ0) is 16.9. The molecule has 122 valence electrons. The van der Waals surface area contributed by atoms with Crippen LogP contribution < -0.4 is 10.4 Å². The van der Waals surface area contributed by atoms with Crippen molar-refractivity contribution in [1.82, 2.24) is 5.43 Å². The smallest absolute Gasteiger partial charge is 0.325 e. The lowest BCUT2D eigenvalue weighted by atomic mass is 9.87. The number of esters is 1. The van der Waals surface area contributed by atoms with Crippen LogP contribution in [0.2, 0.25) is 0 Å². The molecule has 23 heavy (non-hydrogen) atoms. The number of rotatable bonds is 5. The Balaban J connectivity index is 2.40. The lowest BCUT2D eigenvalue weighted by molar-refractivity contribution is -0.146. The van der Waals surface area contributed by atoms with Crippen LogP contribution in [0.3, 0.4) is 0 Å². The van der Waals surface area contributed by atoms with Crippen molar-refractivity contribution in [2.24, 2.45) is 5.41 Å². The Morgan fingerprint density at radius 2 is 1.39 bits per heavy atom. The summed E-state index contributed by atoms with van der Waals surface area (Å²) in [6.07, 6.45) is 0. The molecule has 0 radical (unpaired) electrons. The van der Waals surface area contributed by atoms with Gasteiger partial charge in [-0.05, 0) is 29.7 Å². The third kappa shape index (κ3) is 4.33. The van der Waals surface area contributed by atoms with Gasteiger partial charge in [-0.2, -0.15) is 0 Å². The van der Waals surface area contributed by atoms with Crippen molar-refractivity contribution in [1.29, 1.82) is 0 Å². The number of ether oxygens (including phenoxy) is 1. The maximum Gasteiger partial charge on any atom is 0.325 e. The molecule has 0 heterocycles. The van der Waals surface area contributed by atoms with Crippen LogP contribution >= 0.6 is 0 Å². The van der Waals surface area contributed by atoms with Crippen LogP contribution in [0.4, 0.5) is 11.4 Å². The predicted molar refractivity (Wildman–Crippen MR) is 93.4 cm³/mol. The fraction of sp³-hybridized carbons (Fsp3) is 0.316. The Bertz CT molecular complexity index is 581. The summed E-state index contributed by atoms with van der Waals surface area (Å²) in [6, 6.07) is 19.3. The second-order valence-corrected chi connectivity index (χ2v) is 6.46. The minimum Gasteiger partial charge on any atom is -0.468 e. The number of hydrogen-bond acceptors (Lipinski definition) is 4. The van der Waals surface area contributed by atoms with E-state index in [1.54, 1.807) is 0 Å². The molecule has 4 heteroatoms. The molecular formula is C19H24N2O2. The molecular weight excluding hydrogens is 288 g/mol. The van der Waals surface area contributed by atoms with Crippen molar-refractivity contribution in [3.8, 4) is 0 Å². The number of anilines is 2. The molecule has 4 nitrogen and oxygen atoms in total. The standard InChI is InChI=1S/C19H24N2O2/c1-19(2,3)17(18(22)23-4)20-21(15-11-7-5-8-12-15)16-13-9-6-10-14-16/h5-14,17,20H,1-4H3. The molecule has 0 spiro atoms. The lowest BCUT2D eigenvalue weighted by Crippen LogP contribution is -2.53. The van der Waals surface area contributed by atoms with Crippen molar-refractivity contribution in [2.75, 3.05) is 12.1 Å². The molecule has 0 aliphatic rings. The fourth-order valence-electron chi connectivity index (χ4n) is 2.30. The van der Waals surface area contributed by atoms with E-state index in [1.807, 2.05) is 86.4 Å². The Morgan fingerprint density at radius 1 is 0.957 bits per heavy atom. The molecule has 0 aliphatic heterocycles. The fourth-order valence-corrected chi connectivity index (χ4v) is 2.30. The highest BCUT2D eigenvalue weighted by atomic mass is 16.5. The van der Waals surface area contributed by atoms with Gasteiger partial charge in [0.25, 0.3) is 0 Å². The van der Waals surface area contributed by atoms with Crippen molar-refractivity contribution < 1.29 is 9.53 Å². The monoisotopic (exact) mass is 312 g/mol. The van der Waals surface area contributed by atoms with Crippen LogP contribution in [-0.4, -0.2) is 19.1 Å². The molecule has 2 aromatic rings. The molecule has 1 atom stereocenters. The van der Waals surface area contributed by atoms with E-state index in [4.69, 9.17) is 4.74 Å². The third-order valence-electron chi connectivity index (χ3n) is 3.59. The highest BCUT2D eigenvalue weighted by molar-refractivity contribution is 5.77. The number of hydrazine groups is 1. The minimum absolute atomic E-state index is 0.283. The van der Waals surface area contributed by atoms with Gasteiger partial charge in [-0.3, -0.25) is 9.80 Å². The van der Waals surface area contributed by atoms with E-state index < -0.39 is 6.04 Å². The van der Waals surface area contributed by atoms with Crippen LogP contribution in [0, 0.1) is 5.41 Å². The molecule has 0 amide bonds. The second kappa shape index (κ2) is 7.29. The average molecular weight is 312 g/mol. The van der Waals surface area contributed by atoms with E-state index in [0.717, 1.165) is 11.4 Å². The van der Waals surface area contributed by atoms with Gasteiger partial charge in [-0.25, -0.2) is 5.43 Å². The normalized spacial score (nSPS) is 12.5. The topological polar surface area (TPSA) is 41.6 Å². The summed E-state index contributed by atoms with van der Waals surface area (Å²) in [5.74, 6) is -0.283. The van der Waals surface area contributed by atoms with Gasteiger partial charge in [-0.15, -0.1) is 0 Å². The molecule has 0 fully saturated rings. The molecule has 2 aromatic carbocycles. The molecule has 0 saturated heterocycles. The van der Waals surface area contributed by atoms with E-state index in [1.165, 1.54) is 7.11 Å². The lowest BCUT2D eigenvalue weighted by Gasteiger charge is -2.35. The number of carbonyl (C=O) groups excluding carboxylic acids is 1. The number of nitrogens with one attached hydrogen (secondary N) is 1. The molecule has 2 rings (SSSR count). The summed E-state index contributed by atoms with van der Waals surface area (Å²) in [5, 5.41) is 1.92. The Morgan fingerprint density at radius 3 is 1.74 bits per heavy atom. The van der Waals surface area contributed by atoms with Gasteiger partial charge in [0.05, 0.1) is 18.5 Å². The summed E-state index contributed by atoms with van der Waals surface area (Å²) >= 11 is 0. The molecule has 0 bridgehead atoms. The molecule has 1 unspecified atom stereocenters. The SMILES string of the molecule is COC(=O)C(NN(c1ccccc1)c1ccccc1)C(C)(C)C. The molecule has 0 aliphatic carbocycles. The summed E-state index contributed by atoms with van der Waals surface area (Å²) < 4.78 is 4.98. The van der Waals surface area contributed by atoms with E-state index in [9.17, 15) is 4.79 Å². The van der Waals surface area contributed by atoms with E-state index in [0.29, 0.717) is 0 Å². The summed E-state index contributed by atoms with van der Waals surface area (Å²) in [4.78, 5) is 12.2. The Labute approximate surface area is 138 Å². The van der Waals surface area contributed by atoms with Crippen LogP contribution in [0.15, 0.2) is 60.7 Å². The summed E-state index contributed by atoms with van der Waals surface area (Å²) in [5.41, 5.74) is 4.95. The number of para-hydroxylation sites is 2. The second-order valence-electron chi connectivity index (χ2n) is 6.46. The van der Waals surface area contributed by atoms with E-state index in [-0.39, 0.29) is 11.4 Å². The molecule has 1 N–H and O–H groups in total. The first-order chi connectivity index (χ1) is 10.9. The summed E-state index contributed by atoms with van der Waals surface area (Å²) in [6.45, 7) is 6.03. The number of carbonyl (C=O) groups is 1. The number of hydrogen-bond donors (Lipinski definition) is 1. The van der Waals surface area contributed by atoms with Crippen molar-refractivity contribution >= 4 is 17.3 Å². The third-order valence-corrected chi connectivity index (χ3v) is 3.59. The first-order valence-electron chi connectivity index (χ1n) is 7.67. The Kier molecular flexibility index (Phi) is 5.40. The minimum atomic E-state index is -0.479. The molecule has 0 aromatic heterocycles. The van der Waals surface area contributed by atoms with Gasteiger partial charge in [0.2, 0.25) is 0 Å². The van der Waals surface area contributed by atoms with Gasteiger partial charge < -0.3 is 4.74 Å². The van der Waals surface area contributed by atoms with Gasteiger partial charge >= 0.3 is 5.97 Å². The zero-order valence-electron chi connectivity index (χ0n) is 14.1. The zero-order valence-corrected chi connectivity index (χ0v) is 14.1. The van der Waals surface area contributed by atoms with Crippen LogP contribution in [0.1, 0.15) is 20.8 Å². The predicted octanol–water partition coefficient (Wildman–Crippen LogP) is 3.92. The van der Waals surface area contributed by atoms with Gasteiger partial charge in [0.15, 0.2) is 0 Å². The van der Waals surface area contributed by atoms with Gasteiger partial charge in [0, 0.05) is 0 Å².